The second-order valence-electron chi connectivity index (χ2n) is 9.61. The van der Waals surface area contributed by atoms with Crippen molar-refractivity contribution < 1.29 is 17.9 Å². The van der Waals surface area contributed by atoms with Crippen LogP contribution < -0.4 is 0 Å². The smallest absolute Gasteiger partial charge is 0.319 e. The Hall–Kier alpha value is -2.09. The van der Waals surface area contributed by atoms with Crippen LogP contribution in [0.2, 0.25) is 0 Å². The maximum Gasteiger partial charge on any atom is 0.319 e. The average Bonchev–Trinajstić information content (AvgIpc) is 3.24. The third-order valence-corrected chi connectivity index (χ3v) is 8.84. The van der Waals surface area contributed by atoms with Crippen LogP contribution in [-0.2, 0) is 19.6 Å². The average molecular weight is 472 g/mol. The van der Waals surface area contributed by atoms with Gasteiger partial charge in [-0.2, -0.15) is 4.31 Å². The predicted octanol–water partition coefficient (Wildman–Crippen LogP) is 5.01. The fourth-order valence-corrected chi connectivity index (χ4v) is 7.37. The summed E-state index contributed by atoms with van der Waals surface area (Å²) >= 11 is 1.55. The van der Waals surface area contributed by atoms with Crippen molar-refractivity contribution in [3.63, 3.8) is 0 Å². The van der Waals surface area contributed by atoms with E-state index in [1.807, 2.05) is 64.3 Å². The lowest BCUT2D eigenvalue weighted by atomic mass is 9.76. The van der Waals surface area contributed by atoms with Crippen LogP contribution in [0.25, 0.3) is 0 Å². The normalized spacial score (nSPS) is 23.7. The number of thioether (sulfide) groups is 1. The molecule has 2 aromatic rings. The summed E-state index contributed by atoms with van der Waals surface area (Å²) in [5.41, 5.74) is 1.88. The monoisotopic (exact) mass is 471 g/mol. The number of rotatable bonds is 4. The molecule has 2 aliphatic heterocycles. The Labute approximate surface area is 194 Å². The van der Waals surface area contributed by atoms with Gasteiger partial charge in [0.15, 0.2) is 0 Å². The van der Waals surface area contributed by atoms with E-state index in [0.29, 0.717) is 5.75 Å². The number of carbonyl (C=O) groups is 1. The molecular weight excluding hydrogens is 442 g/mol. The molecule has 32 heavy (non-hydrogen) atoms. The van der Waals surface area contributed by atoms with E-state index in [-0.39, 0.29) is 17.4 Å². The number of fused-ring (bicyclic) bond motifs is 1. The third kappa shape index (κ3) is 3.91. The Morgan fingerprint density at radius 3 is 2.41 bits per heavy atom. The number of carbonyl (C=O) groups excluding carboxylic acids is 1. The molecule has 0 bridgehead atoms. The quantitative estimate of drug-likeness (QED) is 0.587. The van der Waals surface area contributed by atoms with Crippen molar-refractivity contribution in [2.24, 2.45) is 5.41 Å². The van der Waals surface area contributed by atoms with Gasteiger partial charge < -0.3 is 4.74 Å². The molecule has 0 N–H and O–H groups in total. The Bertz CT molecular complexity index is 1180. The SMILES string of the molecule is Cc1ccc(S(=O)(=O)N2CC3=CSC[C@@]3(C(=O)OC(C)(C)C)[C@@H]2c2cccc(C)c2)cc1. The highest BCUT2D eigenvalue weighted by Crippen LogP contribution is 2.58. The van der Waals surface area contributed by atoms with Crippen LogP contribution in [0.15, 0.2) is 64.4 Å². The maximum atomic E-state index is 13.8. The van der Waals surface area contributed by atoms with E-state index < -0.39 is 27.1 Å². The van der Waals surface area contributed by atoms with E-state index in [0.717, 1.165) is 22.3 Å². The summed E-state index contributed by atoms with van der Waals surface area (Å²) in [6, 6.07) is 13.9. The van der Waals surface area contributed by atoms with Crippen LogP contribution in [0.3, 0.4) is 0 Å². The standard InChI is InChI=1S/C25H29NO4S2/c1-17-9-11-21(12-10-17)32(28,29)26-14-20-15-31-16-25(20,23(27)30-24(3,4)5)22(26)19-8-6-7-18(2)13-19/h6-13,15,22H,14,16H2,1-5H3/t22-,25-/m0/s1. The Morgan fingerprint density at radius 1 is 1.09 bits per heavy atom. The van der Waals surface area contributed by atoms with E-state index >= 15 is 0 Å². The number of nitrogens with zero attached hydrogens (tertiary/aromatic N) is 1. The van der Waals surface area contributed by atoms with Gasteiger partial charge in [0.1, 0.15) is 11.0 Å². The van der Waals surface area contributed by atoms with Gasteiger partial charge in [-0.1, -0.05) is 47.5 Å². The van der Waals surface area contributed by atoms with E-state index in [4.69, 9.17) is 4.74 Å². The van der Waals surface area contributed by atoms with Crippen LogP contribution in [0.5, 0.6) is 0 Å². The molecule has 2 atom stereocenters. The molecule has 0 radical (unpaired) electrons. The molecule has 1 fully saturated rings. The highest BCUT2D eigenvalue weighted by atomic mass is 32.2. The molecule has 5 nitrogen and oxygen atoms in total. The summed E-state index contributed by atoms with van der Waals surface area (Å²) in [7, 11) is -3.85. The minimum absolute atomic E-state index is 0.168. The van der Waals surface area contributed by atoms with Gasteiger partial charge in [-0.25, -0.2) is 8.42 Å². The highest BCUT2D eigenvalue weighted by Gasteiger charge is 2.62. The number of esters is 1. The van der Waals surface area contributed by atoms with Crippen LogP contribution in [0.4, 0.5) is 0 Å². The molecule has 170 valence electrons. The van der Waals surface area contributed by atoms with Crippen LogP contribution in [0, 0.1) is 19.3 Å². The molecule has 0 spiro atoms. The van der Waals surface area contributed by atoms with Gasteiger partial charge in [0, 0.05) is 12.3 Å². The molecule has 7 heteroatoms. The number of benzene rings is 2. The number of ether oxygens (including phenoxy) is 1. The summed E-state index contributed by atoms with van der Waals surface area (Å²) in [6.07, 6.45) is 0. The van der Waals surface area contributed by atoms with E-state index in [1.165, 1.54) is 4.31 Å². The lowest BCUT2D eigenvalue weighted by Crippen LogP contribution is -2.44. The second-order valence-corrected chi connectivity index (χ2v) is 12.4. The zero-order chi connectivity index (χ0) is 23.3. The lowest BCUT2D eigenvalue weighted by molar-refractivity contribution is -0.165. The molecule has 0 unspecified atom stereocenters. The third-order valence-electron chi connectivity index (χ3n) is 5.94. The van der Waals surface area contributed by atoms with Crippen molar-refractivity contribution in [3.05, 3.63) is 76.2 Å². The second kappa shape index (κ2) is 8.04. The van der Waals surface area contributed by atoms with Gasteiger partial charge in [0.05, 0.1) is 10.9 Å². The number of sulfonamides is 1. The Morgan fingerprint density at radius 2 is 1.78 bits per heavy atom. The zero-order valence-electron chi connectivity index (χ0n) is 19.1. The first-order valence-corrected chi connectivity index (χ1v) is 13.1. The van der Waals surface area contributed by atoms with Crippen LogP contribution in [0.1, 0.15) is 43.5 Å². The first-order valence-electron chi connectivity index (χ1n) is 10.6. The molecule has 2 aromatic carbocycles. The van der Waals surface area contributed by atoms with Crippen LogP contribution in [-0.4, -0.2) is 36.6 Å². The van der Waals surface area contributed by atoms with Crippen molar-refractivity contribution in [2.45, 2.75) is 51.2 Å². The zero-order valence-corrected chi connectivity index (χ0v) is 20.7. The molecule has 0 saturated carbocycles. The minimum atomic E-state index is -3.85. The number of hydrogen-bond donors (Lipinski definition) is 0. The molecule has 2 aliphatic rings. The minimum Gasteiger partial charge on any atom is -0.459 e. The van der Waals surface area contributed by atoms with Crippen molar-refractivity contribution >= 4 is 27.8 Å². The molecule has 1 saturated heterocycles. The number of hydrogen-bond acceptors (Lipinski definition) is 5. The summed E-state index contributed by atoms with van der Waals surface area (Å²) < 4.78 is 35.0. The summed E-state index contributed by atoms with van der Waals surface area (Å²) in [6.45, 7) is 9.57. The van der Waals surface area contributed by atoms with Gasteiger partial charge >= 0.3 is 5.97 Å². The first-order chi connectivity index (χ1) is 14.9. The first kappa shape index (κ1) is 23.1. The predicted molar refractivity (Wildman–Crippen MR) is 128 cm³/mol. The molecule has 0 aliphatic carbocycles. The maximum absolute atomic E-state index is 13.8. The van der Waals surface area contributed by atoms with Gasteiger partial charge in [0.2, 0.25) is 10.0 Å². The van der Waals surface area contributed by atoms with E-state index in [9.17, 15) is 13.2 Å². The molecule has 4 rings (SSSR count). The molecule has 0 aromatic heterocycles. The van der Waals surface area contributed by atoms with Gasteiger partial charge in [-0.3, -0.25) is 4.79 Å². The summed E-state index contributed by atoms with van der Waals surface area (Å²) in [5.74, 6) is 0.0878. The van der Waals surface area contributed by atoms with E-state index in [2.05, 4.69) is 0 Å². The van der Waals surface area contributed by atoms with Crippen molar-refractivity contribution in [3.8, 4) is 0 Å². The van der Waals surface area contributed by atoms with E-state index in [1.54, 1.807) is 36.0 Å². The van der Waals surface area contributed by atoms with Gasteiger partial charge in [-0.15, -0.1) is 11.8 Å². The molecular formula is C25H29NO4S2. The largest absolute Gasteiger partial charge is 0.459 e. The Balaban J connectivity index is 1.90. The molecule has 0 amide bonds. The highest BCUT2D eigenvalue weighted by molar-refractivity contribution is 8.02. The van der Waals surface area contributed by atoms with Gasteiger partial charge in [-0.05, 0) is 63.3 Å². The number of aryl methyl sites for hydroxylation is 2. The Kier molecular flexibility index (Phi) is 5.80. The van der Waals surface area contributed by atoms with Crippen molar-refractivity contribution in [2.75, 3.05) is 12.3 Å². The van der Waals surface area contributed by atoms with Crippen molar-refractivity contribution in [1.82, 2.24) is 4.31 Å². The summed E-state index contributed by atoms with van der Waals surface area (Å²) in [5, 5.41) is 1.94. The fraction of sp³-hybridized carbons (Fsp3) is 0.400. The summed E-state index contributed by atoms with van der Waals surface area (Å²) in [4.78, 5) is 13.9. The molecule has 2 heterocycles. The van der Waals surface area contributed by atoms with Crippen molar-refractivity contribution in [1.29, 1.82) is 0 Å². The fourth-order valence-electron chi connectivity index (χ4n) is 4.44. The van der Waals surface area contributed by atoms with Gasteiger partial charge in [0.25, 0.3) is 0 Å². The lowest BCUT2D eigenvalue weighted by Gasteiger charge is -2.36. The topological polar surface area (TPSA) is 63.7 Å². The van der Waals surface area contributed by atoms with Crippen LogP contribution >= 0.6 is 11.8 Å².